The Morgan fingerprint density at radius 3 is 2.54 bits per heavy atom. The van der Waals surface area contributed by atoms with E-state index in [2.05, 4.69) is 32.6 Å². The van der Waals surface area contributed by atoms with Crippen LogP contribution in [-0.2, 0) is 28.5 Å². The van der Waals surface area contributed by atoms with Gasteiger partial charge in [0.1, 0.15) is 29.8 Å². The van der Waals surface area contributed by atoms with Gasteiger partial charge < -0.3 is 23.5 Å². The van der Waals surface area contributed by atoms with E-state index >= 15 is 0 Å². The lowest BCUT2D eigenvalue weighted by molar-refractivity contribution is -0.182. The number of esters is 3. The van der Waals surface area contributed by atoms with Gasteiger partial charge in [0.05, 0.1) is 10.9 Å². The normalized spacial score (nSPS) is 23.7. The van der Waals surface area contributed by atoms with E-state index in [1.807, 2.05) is 0 Å². The maximum Gasteiger partial charge on any atom is 0.338 e. The number of hydrogen-bond acceptors (Lipinski definition) is 9. The van der Waals surface area contributed by atoms with Gasteiger partial charge in [-0.15, -0.1) is 0 Å². The molecule has 0 radical (unpaired) electrons. The SMILES string of the molecule is CC(=O)O[C@H]1[C@H](n2cc(I)c3c(Cl)ncnc32)O[C@H](COC(=O)c2ccccc2)[C@@]1(C)OC(C)=O. The van der Waals surface area contributed by atoms with Crippen molar-refractivity contribution >= 4 is 63.1 Å². The molecule has 1 aliphatic rings. The number of ether oxygens (including phenoxy) is 4. The van der Waals surface area contributed by atoms with E-state index in [0.29, 0.717) is 16.6 Å². The van der Waals surface area contributed by atoms with Gasteiger partial charge >= 0.3 is 17.9 Å². The number of carbonyl (C=O) groups is 3. The van der Waals surface area contributed by atoms with Crippen LogP contribution in [0, 0.1) is 3.57 Å². The second-order valence-electron chi connectivity index (χ2n) is 8.03. The first-order valence-electron chi connectivity index (χ1n) is 10.5. The van der Waals surface area contributed by atoms with Gasteiger partial charge in [0, 0.05) is 23.6 Å². The quantitative estimate of drug-likeness (QED) is 0.177. The largest absolute Gasteiger partial charge is 0.459 e. The average Bonchev–Trinajstić information content (AvgIpc) is 3.27. The van der Waals surface area contributed by atoms with Crippen LogP contribution in [0.1, 0.15) is 37.4 Å². The molecular weight excluding hydrogens is 593 g/mol. The molecule has 35 heavy (non-hydrogen) atoms. The molecule has 2 aromatic heterocycles. The van der Waals surface area contributed by atoms with Crippen LogP contribution >= 0.6 is 34.2 Å². The molecule has 1 fully saturated rings. The Bertz CT molecular complexity index is 1280. The first-order chi connectivity index (χ1) is 16.6. The van der Waals surface area contributed by atoms with Gasteiger partial charge in [-0.2, -0.15) is 0 Å². The molecule has 0 spiro atoms. The number of nitrogens with zero attached hydrogens (tertiary/aromatic N) is 3. The summed E-state index contributed by atoms with van der Waals surface area (Å²) in [6.45, 7) is 3.78. The van der Waals surface area contributed by atoms with E-state index in [1.165, 1.54) is 20.2 Å². The standard InChI is InChI=1S/C23H21ClIN3O7/c1-12(29)33-18-21(28-9-15(25)17-19(24)26-11-27-20(17)28)34-16(23(18,3)35-13(2)30)10-32-22(31)14-7-5-4-6-8-14/h4-9,11,16,18,21H,10H2,1-3H3/t16-,18+,21-,23-/m1/s1. The molecule has 10 nitrogen and oxygen atoms in total. The molecule has 4 rings (SSSR count). The number of carbonyl (C=O) groups excluding carboxylic acids is 3. The lowest BCUT2D eigenvalue weighted by Gasteiger charge is -2.33. The van der Waals surface area contributed by atoms with Gasteiger partial charge in [-0.05, 0) is 41.6 Å². The minimum Gasteiger partial charge on any atom is -0.459 e. The third-order valence-corrected chi connectivity index (χ3v) is 6.69. The van der Waals surface area contributed by atoms with E-state index < -0.39 is 41.9 Å². The predicted molar refractivity (Wildman–Crippen MR) is 132 cm³/mol. The summed E-state index contributed by atoms with van der Waals surface area (Å²) in [6, 6.07) is 8.44. The highest BCUT2D eigenvalue weighted by molar-refractivity contribution is 14.1. The molecule has 4 atom stereocenters. The summed E-state index contributed by atoms with van der Waals surface area (Å²) < 4.78 is 25.4. The van der Waals surface area contributed by atoms with E-state index in [0.717, 1.165) is 3.57 Å². The molecule has 0 N–H and O–H groups in total. The van der Waals surface area contributed by atoms with Crippen molar-refractivity contribution in [2.75, 3.05) is 6.61 Å². The Morgan fingerprint density at radius 1 is 1.17 bits per heavy atom. The Kier molecular flexibility index (Phi) is 7.29. The fraction of sp³-hybridized carbons (Fsp3) is 0.348. The van der Waals surface area contributed by atoms with E-state index in [4.69, 9.17) is 30.5 Å². The van der Waals surface area contributed by atoms with Crippen LogP contribution in [-0.4, -0.2) is 56.9 Å². The topological polar surface area (TPSA) is 119 Å². The summed E-state index contributed by atoms with van der Waals surface area (Å²) in [7, 11) is 0. The van der Waals surface area contributed by atoms with Crippen molar-refractivity contribution in [1.82, 2.24) is 14.5 Å². The molecule has 0 bridgehead atoms. The van der Waals surface area contributed by atoms with E-state index in [-0.39, 0.29) is 11.8 Å². The minimum atomic E-state index is -1.49. The highest BCUT2D eigenvalue weighted by atomic mass is 127. The number of benzene rings is 1. The van der Waals surface area contributed by atoms with Crippen LogP contribution in [0.25, 0.3) is 11.0 Å². The molecular formula is C23H21ClIN3O7. The summed E-state index contributed by atoms with van der Waals surface area (Å²) in [6.07, 6.45) is -0.0114. The molecule has 0 saturated carbocycles. The summed E-state index contributed by atoms with van der Waals surface area (Å²) in [5.41, 5.74) is -0.702. The van der Waals surface area contributed by atoms with Crippen molar-refractivity contribution in [3.05, 3.63) is 57.1 Å². The molecule has 0 aliphatic carbocycles. The maximum atomic E-state index is 12.6. The third-order valence-electron chi connectivity index (χ3n) is 5.59. The van der Waals surface area contributed by atoms with Gasteiger partial charge in [-0.25, -0.2) is 14.8 Å². The zero-order valence-electron chi connectivity index (χ0n) is 18.9. The van der Waals surface area contributed by atoms with E-state index in [1.54, 1.807) is 48.0 Å². The predicted octanol–water partition coefficient (Wildman–Crippen LogP) is 3.70. The van der Waals surface area contributed by atoms with Crippen molar-refractivity contribution in [1.29, 1.82) is 0 Å². The van der Waals surface area contributed by atoms with Crippen molar-refractivity contribution in [3.8, 4) is 0 Å². The summed E-state index contributed by atoms with van der Waals surface area (Å²) >= 11 is 8.36. The first kappa shape index (κ1) is 25.3. The molecule has 184 valence electrons. The van der Waals surface area contributed by atoms with Crippen molar-refractivity contribution in [2.24, 2.45) is 0 Å². The fourth-order valence-corrected chi connectivity index (χ4v) is 5.24. The summed E-state index contributed by atoms with van der Waals surface area (Å²) in [4.78, 5) is 45.0. The lowest BCUT2D eigenvalue weighted by atomic mass is 9.94. The molecule has 0 unspecified atom stereocenters. The molecule has 1 aromatic carbocycles. The molecule has 3 aromatic rings. The smallest absolute Gasteiger partial charge is 0.338 e. The number of rotatable bonds is 6. The average molecular weight is 614 g/mol. The van der Waals surface area contributed by atoms with Gasteiger partial charge in [0.2, 0.25) is 0 Å². The van der Waals surface area contributed by atoms with Gasteiger partial charge in [-0.3, -0.25) is 9.59 Å². The number of fused-ring (bicyclic) bond motifs is 1. The van der Waals surface area contributed by atoms with Gasteiger partial charge in [0.25, 0.3) is 0 Å². The summed E-state index contributed by atoms with van der Waals surface area (Å²) in [5.74, 6) is -1.80. The highest BCUT2D eigenvalue weighted by Crippen LogP contribution is 2.44. The van der Waals surface area contributed by atoms with Crippen LogP contribution in [0.5, 0.6) is 0 Å². The maximum absolute atomic E-state index is 12.6. The minimum absolute atomic E-state index is 0.247. The van der Waals surface area contributed by atoms with E-state index in [9.17, 15) is 14.4 Å². The van der Waals surface area contributed by atoms with Crippen molar-refractivity contribution < 1.29 is 33.3 Å². The lowest BCUT2D eigenvalue weighted by Crippen LogP contribution is -2.51. The zero-order valence-corrected chi connectivity index (χ0v) is 21.8. The van der Waals surface area contributed by atoms with Crippen LogP contribution in [0.4, 0.5) is 0 Å². The van der Waals surface area contributed by atoms with Crippen molar-refractivity contribution in [2.45, 2.75) is 44.8 Å². The molecule has 12 heteroatoms. The Labute approximate surface area is 219 Å². The van der Waals surface area contributed by atoms with Crippen LogP contribution in [0.2, 0.25) is 5.15 Å². The molecule has 1 aliphatic heterocycles. The second-order valence-corrected chi connectivity index (χ2v) is 9.55. The van der Waals surface area contributed by atoms with Crippen molar-refractivity contribution in [3.63, 3.8) is 0 Å². The number of hydrogen-bond donors (Lipinski definition) is 0. The molecule has 0 amide bonds. The Hall–Kier alpha value is -2.77. The number of aromatic nitrogens is 3. The highest BCUT2D eigenvalue weighted by Gasteiger charge is 2.60. The molecule has 3 heterocycles. The van der Waals surface area contributed by atoms with Crippen LogP contribution in [0.15, 0.2) is 42.9 Å². The zero-order chi connectivity index (χ0) is 25.3. The van der Waals surface area contributed by atoms with Gasteiger partial charge in [0.15, 0.2) is 17.9 Å². The Balaban J connectivity index is 1.73. The second kappa shape index (κ2) is 10.1. The first-order valence-corrected chi connectivity index (χ1v) is 12.0. The summed E-state index contributed by atoms with van der Waals surface area (Å²) in [5, 5.41) is 0.837. The van der Waals surface area contributed by atoms with Gasteiger partial charge in [-0.1, -0.05) is 29.8 Å². The Morgan fingerprint density at radius 2 is 1.89 bits per heavy atom. The fourth-order valence-electron chi connectivity index (χ4n) is 4.05. The van der Waals surface area contributed by atoms with Crippen LogP contribution in [0.3, 0.4) is 0 Å². The monoisotopic (exact) mass is 613 g/mol. The number of halogens is 2. The molecule has 1 saturated heterocycles. The van der Waals surface area contributed by atoms with Crippen LogP contribution < -0.4 is 0 Å². The third kappa shape index (κ3) is 4.98.